The van der Waals surface area contributed by atoms with Crippen LogP contribution in [-0.4, -0.2) is 35.5 Å². The van der Waals surface area contributed by atoms with E-state index in [1.165, 1.54) is 6.92 Å². The van der Waals surface area contributed by atoms with E-state index in [1.807, 2.05) is 0 Å². The number of fused-ring (bicyclic) bond motifs is 1. The van der Waals surface area contributed by atoms with E-state index in [1.54, 1.807) is 24.3 Å². The van der Waals surface area contributed by atoms with E-state index in [9.17, 15) is 40.3 Å². The van der Waals surface area contributed by atoms with Crippen LogP contribution in [0.15, 0.2) is 33.8 Å². The molecule has 1 heterocycles. The number of aryl methyl sites for hydroxylation is 1. The third-order valence-electron chi connectivity index (χ3n) is 5.26. The molecule has 0 unspecified atom stereocenters. The van der Waals surface area contributed by atoms with E-state index >= 15 is 0 Å². The molecule has 35 heavy (non-hydrogen) atoms. The van der Waals surface area contributed by atoms with Gasteiger partial charge in [0, 0.05) is 29.1 Å². The highest BCUT2D eigenvalue weighted by Crippen LogP contribution is 2.46. The first-order chi connectivity index (χ1) is 16.2. The Morgan fingerprint density at radius 2 is 1.74 bits per heavy atom. The average molecular weight is 528 g/mol. The molecule has 0 saturated heterocycles. The Hall–Kier alpha value is -3.09. The largest absolute Gasteiger partial charge is 0.460 e. The quantitative estimate of drug-likeness (QED) is 0.402. The second-order valence-corrected chi connectivity index (χ2v) is 8.04. The molecule has 3 rings (SSSR count). The molecule has 1 aliphatic carbocycles. The van der Waals surface area contributed by atoms with Gasteiger partial charge in [0.25, 0.3) is 5.91 Å². The summed E-state index contributed by atoms with van der Waals surface area (Å²) in [5.74, 6) is -16.2. The molecule has 1 aliphatic rings. The molecule has 6 nitrogen and oxygen atoms in total. The minimum Gasteiger partial charge on any atom is -0.455 e. The second kappa shape index (κ2) is 9.51. The zero-order chi connectivity index (χ0) is 26.2. The minimum atomic E-state index is -6.66. The highest BCUT2D eigenvalue weighted by molar-refractivity contribution is 6.31. The van der Waals surface area contributed by atoms with E-state index in [2.05, 4.69) is 10.4 Å². The average Bonchev–Trinajstić information content (AvgIpc) is 3.13. The topological polar surface area (TPSA) is 83.7 Å². The molecule has 0 bridgehead atoms. The maximum absolute atomic E-state index is 13.6. The molecule has 1 aromatic heterocycles. The predicted molar refractivity (Wildman–Crippen MR) is 110 cm³/mol. The molecule has 0 aliphatic heterocycles. The Morgan fingerprint density at radius 3 is 2.37 bits per heavy atom. The van der Waals surface area contributed by atoms with Gasteiger partial charge in [-0.3, -0.25) is 9.59 Å². The van der Waals surface area contributed by atoms with Crippen LogP contribution < -0.4 is 10.7 Å². The third kappa shape index (κ3) is 5.00. The number of halogens is 8. The van der Waals surface area contributed by atoms with Gasteiger partial charge in [0.1, 0.15) is 5.76 Å². The van der Waals surface area contributed by atoms with Crippen LogP contribution in [0.4, 0.5) is 30.7 Å². The van der Waals surface area contributed by atoms with Crippen LogP contribution >= 0.6 is 11.6 Å². The lowest BCUT2D eigenvalue weighted by molar-refractivity contribution is -0.344. The van der Waals surface area contributed by atoms with E-state index in [0.29, 0.717) is 23.4 Å². The predicted octanol–water partition coefficient (Wildman–Crippen LogP) is 5.16. The lowest BCUT2D eigenvalue weighted by atomic mass is 9.93. The van der Waals surface area contributed by atoms with Crippen molar-refractivity contribution in [1.82, 2.24) is 10.7 Å². The molecule has 14 heteroatoms. The zero-order valence-electron chi connectivity index (χ0n) is 17.8. The molecule has 2 N–H and O–H groups in total. The second-order valence-electron chi connectivity index (χ2n) is 7.63. The summed E-state index contributed by atoms with van der Waals surface area (Å²) in [7, 11) is 0. The Labute approximate surface area is 198 Å². The first-order valence-corrected chi connectivity index (χ1v) is 10.4. The minimum absolute atomic E-state index is 0.0512. The molecule has 2 aromatic rings. The van der Waals surface area contributed by atoms with Gasteiger partial charge >= 0.3 is 23.9 Å². The number of hydrazone groups is 1. The SMILES string of the molecule is Cc1c(C(=O)NCc2ccccc2Cl)oc2c1/C(=N/NC(=O)C(F)(F)C(F)(F)C(F)(F)F)CCC2. The van der Waals surface area contributed by atoms with Crippen LogP contribution in [0, 0.1) is 6.92 Å². The van der Waals surface area contributed by atoms with Gasteiger partial charge in [-0.05, 0) is 31.4 Å². The number of hydrogen-bond donors (Lipinski definition) is 2. The number of amides is 2. The van der Waals surface area contributed by atoms with E-state index in [4.69, 9.17) is 16.0 Å². The van der Waals surface area contributed by atoms with Crippen molar-refractivity contribution in [1.29, 1.82) is 0 Å². The number of hydrogen-bond acceptors (Lipinski definition) is 4. The van der Waals surface area contributed by atoms with Crippen LogP contribution in [0.25, 0.3) is 0 Å². The molecular weight excluding hydrogens is 511 g/mol. The first kappa shape index (κ1) is 26.5. The van der Waals surface area contributed by atoms with E-state index in [0.717, 1.165) is 5.43 Å². The number of carbonyl (C=O) groups is 2. The van der Waals surface area contributed by atoms with Crippen molar-refractivity contribution < 1.29 is 44.7 Å². The molecule has 1 aromatic carbocycles. The van der Waals surface area contributed by atoms with Gasteiger partial charge in [0.15, 0.2) is 5.76 Å². The lowest BCUT2D eigenvalue weighted by Gasteiger charge is -2.26. The summed E-state index contributed by atoms with van der Waals surface area (Å²) in [6.07, 6.45) is -5.98. The van der Waals surface area contributed by atoms with Gasteiger partial charge in [-0.2, -0.15) is 35.8 Å². The summed E-state index contributed by atoms with van der Waals surface area (Å²) >= 11 is 6.04. The molecule has 0 spiro atoms. The Kier molecular flexibility index (Phi) is 7.21. The molecular formula is C21H17ClF7N3O3. The zero-order valence-corrected chi connectivity index (χ0v) is 18.6. The molecule has 190 valence electrons. The number of rotatable bonds is 6. The van der Waals surface area contributed by atoms with Gasteiger partial charge in [-0.25, -0.2) is 5.43 Å². The van der Waals surface area contributed by atoms with Crippen molar-refractivity contribution in [3.05, 3.63) is 57.5 Å². The molecule has 0 saturated carbocycles. The standard InChI is InChI=1S/C21H17ClF7N3O3/c1-10-15-13(31-32-18(34)19(23,24)20(25,26)21(27,28)29)7-4-8-14(15)35-16(10)17(33)30-9-11-5-2-3-6-12(11)22/h2-3,5-6H,4,7-9H2,1H3,(H,30,33)(H,32,34)/b31-13+. The number of furan rings is 1. The number of nitrogens with one attached hydrogen (secondary N) is 2. The highest BCUT2D eigenvalue weighted by atomic mass is 35.5. The number of carbonyl (C=O) groups excluding carboxylic acids is 2. The van der Waals surface area contributed by atoms with Gasteiger partial charge in [0.05, 0.1) is 5.71 Å². The molecule has 2 amide bonds. The van der Waals surface area contributed by atoms with Gasteiger partial charge in [0.2, 0.25) is 0 Å². The Morgan fingerprint density at radius 1 is 1.09 bits per heavy atom. The van der Waals surface area contributed by atoms with Gasteiger partial charge in [-0.1, -0.05) is 29.8 Å². The fraction of sp³-hybridized carbons (Fsp3) is 0.381. The van der Waals surface area contributed by atoms with Crippen molar-refractivity contribution >= 4 is 29.1 Å². The summed E-state index contributed by atoms with van der Waals surface area (Å²) < 4.78 is 95.8. The molecule has 0 radical (unpaired) electrons. The summed E-state index contributed by atoms with van der Waals surface area (Å²) in [4.78, 5) is 24.1. The third-order valence-corrected chi connectivity index (χ3v) is 5.63. The number of benzene rings is 1. The molecule has 0 fully saturated rings. The fourth-order valence-corrected chi connectivity index (χ4v) is 3.61. The fourth-order valence-electron chi connectivity index (χ4n) is 3.40. The maximum atomic E-state index is 13.6. The van der Waals surface area contributed by atoms with Crippen LogP contribution in [0.3, 0.4) is 0 Å². The van der Waals surface area contributed by atoms with Crippen LogP contribution in [0.2, 0.25) is 5.02 Å². The van der Waals surface area contributed by atoms with Crippen LogP contribution in [0.5, 0.6) is 0 Å². The number of alkyl halides is 7. The van der Waals surface area contributed by atoms with E-state index < -0.39 is 29.8 Å². The summed E-state index contributed by atoms with van der Waals surface area (Å²) in [5, 5.41) is 6.38. The summed E-state index contributed by atoms with van der Waals surface area (Å²) in [5.41, 5.74) is 1.99. The number of nitrogens with zero attached hydrogens (tertiary/aromatic N) is 1. The molecule has 0 atom stereocenters. The Balaban J connectivity index is 1.81. The normalized spacial score (nSPS) is 15.6. The van der Waals surface area contributed by atoms with Crippen LogP contribution in [0.1, 0.15) is 45.8 Å². The lowest BCUT2D eigenvalue weighted by Crippen LogP contribution is -2.58. The highest BCUT2D eigenvalue weighted by Gasteiger charge is 2.76. The monoisotopic (exact) mass is 527 g/mol. The van der Waals surface area contributed by atoms with E-state index in [-0.39, 0.29) is 41.3 Å². The van der Waals surface area contributed by atoms with Gasteiger partial charge < -0.3 is 9.73 Å². The van der Waals surface area contributed by atoms with Crippen molar-refractivity contribution in [3.63, 3.8) is 0 Å². The summed E-state index contributed by atoms with van der Waals surface area (Å²) in [6, 6.07) is 6.74. The van der Waals surface area contributed by atoms with Crippen molar-refractivity contribution in [3.8, 4) is 0 Å². The van der Waals surface area contributed by atoms with Crippen molar-refractivity contribution in [2.24, 2.45) is 5.10 Å². The van der Waals surface area contributed by atoms with Crippen LogP contribution in [-0.2, 0) is 17.8 Å². The smallest absolute Gasteiger partial charge is 0.455 e. The Bertz CT molecular complexity index is 1180. The maximum Gasteiger partial charge on any atom is 0.460 e. The van der Waals surface area contributed by atoms with Crippen molar-refractivity contribution in [2.45, 2.75) is 50.8 Å². The van der Waals surface area contributed by atoms with Gasteiger partial charge in [-0.15, -0.1) is 0 Å². The summed E-state index contributed by atoms with van der Waals surface area (Å²) in [6.45, 7) is 1.50. The van der Waals surface area contributed by atoms with Crippen molar-refractivity contribution in [2.75, 3.05) is 0 Å². The first-order valence-electron chi connectivity index (χ1n) is 10.0.